The number of hydrogen-bond donors (Lipinski definition) is 2. The van der Waals surface area contributed by atoms with E-state index in [4.69, 9.17) is 10.5 Å². The molecule has 0 aliphatic carbocycles. The summed E-state index contributed by atoms with van der Waals surface area (Å²) in [7, 11) is 0. The molecule has 100 valence electrons. The Morgan fingerprint density at radius 3 is 2.72 bits per heavy atom. The lowest BCUT2D eigenvalue weighted by molar-refractivity contribution is -0.142. The Morgan fingerprint density at radius 2 is 2.22 bits per heavy atom. The Labute approximate surface area is 102 Å². The van der Waals surface area contributed by atoms with E-state index >= 15 is 0 Å². The number of alkyl halides is 2. The van der Waals surface area contributed by atoms with Crippen LogP contribution in [0.3, 0.4) is 0 Å². The molecule has 0 aliphatic rings. The van der Waals surface area contributed by atoms with Crippen molar-refractivity contribution in [3.63, 3.8) is 0 Å². The normalized spacial score (nSPS) is 10.7. The maximum absolute atomic E-state index is 12.5. The summed E-state index contributed by atoms with van der Waals surface area (Å²) < 4.78 is 29.6. The smallest absolute Gasteiger partial charge is 0.310 e. The molecule has 0 aliphatic heterocycles. The van der Waals surface area contributed by atoms with Crippen LogP contribution in [-0.2, 0) is 22.5 Å². The topological polar surface area (TPSA) is 85.2 Å². The number of nitrogens with two attached hydrogens (primary N) is 1. The summed E-state index contributed by atoms with van der Waals surface area (Å²) in [6.45, 7) is 1.68. The average Bonchev–Trinajstić information content (AvgIpc) is 2.31. The Hall–Kier alpha value is -1.76. The monoisotopic (exact) mass is 260 g/mol. The molecule has 0 aromatic carbocycles. The Balaban J connectivity index is 3.11. The standard InChI is InChI=1S/C11H14F2N2O3/c1-2-18-10(17)3-6-8(5-14)15-7(11(12)13)4-9(6)16/h4,11H,2-3,5,14H2,1H3,(H,15,16). The number of carbonyl (C=O) groups is 1. The number of ether oxygens (including phenoxy) is 1. The minimum Gasteiger partial charge on any atom is -0.466 e. The summed E-state index contributed by atoms with van der Waals surface area (Å²) >= 11 is 0. The van der Waals surface area contributed by atoms with Crippen molar-refractivity contribution >= 4 is 5.97 Å². The first-order valence-corrected chi connectivity index (χ1v) is 5.38. The van der Waals surface area contributed by atoms with Crippen molar-refractivity contribution in [1.29, 1.82) is 0 Å². The summed E-state index contributed by atoms with van der Waals surface area (Å²) in [6, 6.07) is 0.776. The molecule has 0 bridgehead atoms. The van der Waals surface area contributed by atoms with Gasteiger partial charge in [-0.25, -0.2) is 8.78 Å². The number of esters is 1. The number of H-pyrrole nitrogens is 1. The van der Waals surface area contributed by atoms with E-state index in [2.05, 4.69) is 4.98 Å². The molecule has 0 saturated carbocycles. The molecule has 5 nitrogen and oxygen atoms in total. The van der Waals surface area contributed by atoms with Crippen LogP contribution in [-0.4, -0.2) is 17.6 Å². The van der Waals surface area contributed by atoms with Crippen LogP contribution in [0.5, 0.6) is 0 Å². The van der Waals surface area contributed by atoms with Gasteiger partial charge in [0, 0.05) is 23.9 Å². The molecule has 0 amide bonds. The SMILES string of the molecule is CCOC(=O)Cc1c(CN)[nH]c(C(F)F)cc1=O. The molecule has 0 unspecified atom stereocenters. The van der Waals surface area contributed by atoms with Crippen LogP contribution < -0.4 is 11.2 Å². The largest absolute Gasteiger partial charge is 0.466 e. The van der Waals surface area contributed by atoms with E-state index in [9.17, 15) is 18.4 Å². The van der Waals surface area contributed by atoms with E-state index in [1.54, 1.807) is 6.92 Å². The molecular formula is C11H14F2N2O3. The van der Waals surface area contributed by atoms with E-state index in [1.807, 2.05) is 0 Å². The first-order chi connectivity index (χ1) is 8.49. The number of aromatic nitrogens is 1. The summed E-state index contributed by atoms with van der Waals surface area (Å²) in [4.78, 5) is 25.3. The Bertz CT molecular complexity index is 486. The fourth-order valence-corrected chi connectivity index (χ4v) is 1.50. The van der Waals surface area contributed by atoms with E-state index < -0.39 is 23.5 Å². The van der Waals surface area contributed by atoms with Gasteiger partial charge < -0.3 is 15.5 Å². The molecule has 7 heteroatoms. The minimum atomic E-state index is -2.79. The van der Waals surface area contributed by atoms with Gasteiger partial charge in [0.05, 0.1) is 18.7 Å². The van der Waals surface area contributed by atoms with Crippen molar-refractivity contribution < 1.29 is 18.3 Å². The number of hydrogen-bond acceptors (Lipinski definition) is 4. The molecule has 0 spiro atoms. The minimum absolute atomic E-state index is 0.0698. The van der Waals surface area contributed by atoms with Gasteiger partial charge in [-0.3, -0.25) is 9.59 Å². The van der Waals surface area contributed by atoms with Gasteiger partial charge in [-0.05, 0) is 6.92 Å². The summed E-state index contributed by atoms with van der Waals surface area (Å²) in [6.07, 6.45) is -3.07. The van der Waals surface area contributed by atoms with Crippen LogP contribution in [0.15, 0.2) is 10.9 Å². The van der Waals surface area contributed by atoms with Gasteiger partial charge in [-0.1, -0.05) is 0 Å². The van der Waals surface area contributed by atoms with Crippen molar-refractivity contribution in [3.05, 3.63) is 33.2 Å². The van der Waals surface area contributed by atoms with E-state index in [0.717, 1.165) is 6.07 Å². The van der Waals surface area contributed by atoms with Gasteiger partial charge in [0.25, 0.3) is 6.43 Å². The molecule has 1 rings (SSSR count). The van der Waals surface area contributed by atoms with Gasteiger partial charge >= 0.3 is 5.97 Å². The second-order valence-electron chi connectivity index (χ2n) is 3.53. The van der Waals surface area contributed by atoms with Crippen LogP contribution in [0, 0.1) is 0 Å². The molecule has 0 atom stereocenters. The predicted molar refractivity (Wildman–Crippen MR) is 60.2 cm³/mol. The lowest BCUT2D eigenvalue weighted by Crippen LogP contribution is -2.22. The summed E-state index contributed by atoms with van der Waals surface area (Å²) in [5.41, 5.74) is 4.42. The molecule has 0 fully saturated rings. The number of pyridine rings is 1. The maximum Gasteiger partial charge on any atom is 0.310 e. The molecule has 1 aromatic heterocycles. The third-order valence-electron chi connectivity index (χ3n) is 2.31. The fraction of sp³-hybridized carbons (Fsp3) is 0.455. The van der Waals surface area contributed by atoms with Gasteiger partial charge in [0.1, 0.15) is 0 Å². The van der Waals surface area contributed by atoms with Crippen LogP contribution in [0.1, 0.15) is 30.3 Å². The Kier molecular flexibility index (Phi) is 4.96. The molecule has 1 aromatic rings. The molecule has 18 heavy (non-hydrogen) atoms. The first-order valence-electron chi connectivity index (χ1n) is 5.38. The maximum atomic E-state index is 12.5. The molecular weight excluding hydrogens is 246 g/mol. The highest BCUT2D eigenvalue weighted by atomic mass is 19.3. The van der Waals surface area contributed by atoms with Crippen molar-refractivity contribution in [2.75, 3.05) is 6.61 Å². The Morgan fingerprint density at radius 1 is 1.56 bits per heavy atom. The highest BCUT2D eigenvalue weighted by Crippen LogP contribution is 2.16. The lowest BCUT2D eigenvalue weighted by atomic mass is 10.1. The number of rotatable bonds is 5. The van der Waals surface area contributed by atoms with Crippen molar-refractivity contribution in [1.82, 2.24) is 4.98 Å². The number of nitrogens with one attached hydrogen (secondary N) is 1. The highest BCUT2D eigenvalue weighted by Gasteiger charge is 2.16. The van der Waals surface area contributed by atoms with Crippen molar-refractivity contribution in [2.45, 2.75) is 26.3 Å². The van der Waals surface area contributed by atoms with E-state index in [-0.39, 0.29) is 30.8 Å². The van der Waals surface area contributed by atoms with Crippen LogP contribution in [0.2, 0.25) is 0 Å². The van der Waals surface area contributed by atoms with Crippen molar-refractivity contribution in [3.8, 4) is 0 Å². The number of aromatic amines is 1. The third kappa shape index (κ3) is 3.36. The van der Waals surface area contributed by atoms with Gasteiger partial charge in [0.2, 0.25) is 0 Å². The lowest BCUT2D eigenvalue weighted by Gasteiger charge is -2.09. The zero-order chi connectivity index (χ0) is 13.7. The van der Waals surface area contributed by atoms with Gasteiger partial charge in [-0.15, -0.1) is 0 Å². The second kappa shape index (κ2) is 6.25. The fourth-order valence-electron chi connectivity index (χ4n) is 1.50. The van der Waals surface area contributed by atoms with E-state index in [1.165, 1.54) is 0 Å². The molecule has 0 saturated heterocycles. The van der Waals surface area contributed by atoms with Crippen LogP contribution >= 0.6 is 0 Å². The average molecular weight is 260 g/mol. The highest BCUT2D eigenvalue weighted by molar-refractivity contribution is 5.72. The number of carbonyl (C=O) groups excluding carboxylic acids is 1. The zero-order valence-electron chi connectivity index (χ0n) is 9.83. The third-order valence-corrected chi connectivity index (χ3v) is 2.31. The van der Waals surface area contributed by atoms with Gasteiger partial charge in [-0.2, -0.15) is 0 Å². The second-order valence-corrected chi connectivity index (χ2v) is 3.53. The molecule has 0 radical (unpaired) electrons. The number of halogens is 2. The van der Waals surface area contributed by atoms with Gasteiger partial charge in [0.15, 0.2) is 5.43 Å². The van der Waals surface area contributed by atoms with Crippen LogP contribution in [0.4, 0.5) is 8.78 Å². The van der Waals surface area contributed by atoms with Crippen molar-refractivity contribution in [2.24, 2.45) is 5.73 Å². The summed E-state index contributed by atoms with van der Waals surface area (Å²) in [5.74, 6) is -0.595. The molecule has 3 N–H and O–H groups in total. The molecule has 1 heterocycles. The predicted octanol–water partition coefficient (Wildman–Crippen LogP) is 0.877. The quantitative estimate of drug-likeness (QED) is 0.769. The van der Waals surface area contributed by atoms with Crippen LogP contribution in [0.25, 0.3) is 0 Å². The van der Waals surface area contributed by atoms with E-state index in [0.29, 0.717) is 0 Å². The summed E-state index contributed by atoms with van der Waals surface area (Å²) in [5, 5.41) is 0. The first kappa shape index (κ1) is 14.3. The zero-order valence-corrected chi connectivity index (χ0v) is 9.83.